The smallest absolute Gasteiger partial charge is 0.328 e. The minimum absolute atomic E-state index is 0.151. The maximum absolute atomic E-state index is 12.9. The average Bonchev–Trinajstić information content (AvgIpc) is 3.24. The fourth-order valence-corrected chi connectivity index (χ4v) is 2.98. The number of hydrogen-bond donors (Lipinski definition) is 8. The number of aliphatic carboxylic acids is 1. The number of aliphatic hydroxyl groups is 1. The highest BCUT2D eigenvalue weighted by Crippen LogP contribution is 2.07. The first kappa shape index (κ1) is 28.5. The summed E-state index contributed by atoms with van der Waals surface area (Å²) in [6, 6.07) is -5.05. The lowest BCUT2D eigenvalue weighted by Gasteiger charge is -2.27. The minimum Gasteiger partial charge on any atom is -0.480 e. The van der Waals surface area contributed by atoms with Gasteiger partial charge in [0, 0.05) is 24.7 Å². The first-order chi connectivity index (χ1) is 15.8. The third-order valence-corrected chi connectivity index (χ3v) is 4.94. The van der Waals surface area contributed by atoms with Gasteiger partial charge in [-0.25, -0.2) is 9.78 Å². The molecule has 190 valence electrons. The minimum atomic E-state index is -1.64. The summed E-state index contributed by atoms with van der Waals surface area (Å²) >= 11 is 0. The van der Waals surface area contributed by atoms with E-state index in [1.807, 2.05) is 0 Å². The fourth-order valence-electron chi connectivity index (χ4n) is 2.98. The van der Waals surface area contributed by atoms with Crippen LogP contribution < -0.4 is 27.4 Å². The zero-order valence-electron chi connectivity index (χ0n) is 19.3. The molecule has 0 radical (unpaired) electrons. The highest BCUT2D eigenvalue weighted by Gasteiger charge is 2.33. The number of nitrogens with one attached hydrogen (secondary N) is 4. The summed E-state index contributed by atoms with van der Waals surface area (Å²) in [5.74, 6) is -4.93. The van der Waals surface area contributed by atoms with Crippen LogP contribution in [0, 0.1) is 5.92 Å². The number of aliphatic hydroxyl groups excluding tert-OH is 1. The molecule has 4 amide bonds. The molecule has 0 saturated carbocycles. The highest BCUT2D eigenvalue weighted by molar-refractivity contribution is 5.94. The van der Waals surface area contributed by atoms with E-state index in [1.165, 1.54) is 19.4 Å². The number of hydrogen-bond acceptors (Lipinski definition) is 8. The summed E-state index contributed by atoms with van der Waals surface area (Å²) in [6.45, 7) is 4.50. The van der Waals surface area contributed by atoms with Gasteiger partial charge < -0.3 is 42.6 Å². The second kappa shape index (κ2) is 13.3. The van der Waals surface area contributed by atoms with Gasteiger partial charge in [0.15, 0.2) is 6.04 Å². The summed E-state index contributed by atoms with van der Waals surface area (Å²) in [6.07, 6.45) is 1.17. The number of carboxylic acids is 1. The molecular weight excluding hydrogens is 450 g/mol. The van der Waals surface area contributed by atoms with E-state index < -0.39 is 65.8 Å². The molecule has 10 N–H and O–H groups in total. The summed E-state index contributed by atoms with van der Waals surface area (Å²) in [4.78, 5) is 67.3. The van der Waals surface area contributed by atoms with Crippen molar-refractivity contribution in [2.45, 2.75) is 70.3 Å². The predicted molar refractivity (Wildman–Crippen MR) is 119 cm³/mol. The molecule has 1 aromatic heterocycles. The molecule has 0 aromatic carbocycles. The van der Waals surface area contributed by atoms with Crippen LogP contribution in [0.5, 0.6) is 0 Å². The molecule has 14 heteroatoms. The number of imidazole rings is 1. The van der Waals surface area contributed by atoms with E-state index in [2.05, 4.69) is 25.9 Å². The topological polar surface area (TPSA) is 243 Å². The Morgan fingerprint density at radius 3 is 2.12 bits per heavy atom. The molecule has 0 fully saturated rings. The second-order valence-electron chi connectivity index (χ2n) is 8.25. The van der Waals surface area contributed by atoms with E-state index >= 15 is 0 Å². The maximum atomic E-state index is 12.9. The zero-order chi connectivity index (χ0) is 26.0. The third kappa shape index (κ3) is 9.15. The number of amides is 4. The van der Waals surface area contributed by atoms with Gasteiger partial charge >= 0.3 is 5.97 Å². The molecular formula is C20H33N7O7. The largest absolute Gasteiger partial charge is 0.480 e. The number of carbonyl (C=O) groups excluding carboxylic acids is 4. The van der Waals surface area contributed by atoms with Crippen molar-refractivity contribution in [2.24, 2.45) is 17.4 Å². The molecule has 5 unspecified atom stereocenters. The van der Waals surface area contributed by atoms with Gasteiger partial charge in [0.05, 0.1) is 18.5 Å². The fraction of sp³-hybridized carbons (Fsp3) is 0.600. The normalized spacial score (nSPS) is 15.5. The van der Waals surface area contributed by atoms with Gasteiger partial charge in [-0.1, -0.05) is 13.8 Å². The number of carboxylic acid groups (broad SMARTS) is 1. The lowest BCUT2D eigenvalue weighted by Crippen LogP contribution is -2.59. The van der Waals surface area contributed by atoms with Crippen LogP contribution in [0.3, 0.4) is 0 Å². The lowest BCUT2D eigenvalue weighted by atomic mass is 10.0. The van der Waals surface area contributed by atoms with Crippen LogP contribution in [0.2, 0.25) is 0 Å². The molecule has 0 saturated heterocycles. The van der Waals surface area contributed by atoms with Crippen molar-refractivity contribution < 1.29 is 34.2 Å². The summed E-state index contributed by atoms with van der Waals surface area (Å²) in [5, 5.41) is 25.9. The number of nitrogens with zero attached hydrogens (tertiary/aromatic N) is 1. The van der Waals surface area contributed by atoms with Gasteiger partial charge in [0.2, 0.25) is 23.6 Å². The Morgan fingerprint density at radius 1 is 1.03 bits per heavy atom. The monoisotopic (exact) mass is 483 g/mol. The van der Waals surface area contributed by atoms with Crippen molar-refractivity contribution in [3.63, 3.8) is 0 Å². The van der Waals surface area contributed by atoms with Crippen LogP contribution in [0.1, 0.15) is 39.3 Å². The molecule has 0 spiro atoms. The number of nitrogens with two attached hydrogens (primary N) is 2. The Kier molecular flexibility index (Phi) is 11.1. The van der Waals surface area contributed by atoms with Crippen LogP contribution in [0.25, 0.3) is 0 Å². The Balaban J connectivity index is 2.93. The Labute approximate surface area is 196 Å². The van der Waals surface area contributed by atoms with Gasteiger partial charge in [0.1, 0.15) is 12.1 Å². The molecule has 14 nitrogen and oxygen atoms in total. The van der Waals surface area contributed by atoms with E-state index in [1.54, 1.807) is 13.8 Å². The van der Waals surface area contributed by atoms with E-state index in [4.69, 9.17) is 11.5 Å². The molecule has 1 heterocycles. The summed E-state index contributed by atoms with van der Waals surface area (Å²) in [7, 11) is 0. The van der Waals surface area contributed by atoms with Crippen molar-refractivity contribution in [3.8, 4) is 0 Å². The van der Waals surface area contributed by atoms with Crippen LogP contribution in [-0.4, -0.2) is 80.1 Å². The Hall–Kier alpha value is -3.52. The van der Waals surface area contributed by atoms with Crippen LogP contribution >= 0.6 is 0 Å². The molecule has 0 aliphatic heterocycles. The van der Waals surface area contributed by atoms with Crippen molar-refractivity contribution in [1.82, 2.24) is 25.9 Å². The van der Waals surface area contributed by atoms with Gasteiger partial charge in [0.25, 0.3) is 0 Å². The van der Waals surface area contributed by atoms with E-state index in [0.717, 1.165) is 0 Å². The van der Waals surface area contributed by atoms with E-state index in [0.29, 0.717) is 5.69 Å². The van der Waals surface area contributed by atoms with Crippen LogP contribution in [-0.2, 0) is 30.4 Å². The molecule has 0 aliphatic rings. The van der Waals surface area contributed by atoms with Crippen molar-refractivity contribution in [3.05, 3.63) is 18.2 Å². The molecule has 5 atom stereocenters. The quantitative estimate of drug-likeness (QED) is 0.135. The Morgan fingerprint density at radius 2 is 1.65 bits per heavy atom. The molecule has 1 aromatic rings. The van der Waals surface area contributed by atoms with Crippen LogP contribution in [0.15, 0.2) is 12.5 Å². The average molecular weight is 484 g/mol. The first-order valence-corrected chi connectivity index (χ1v) is 10.7. The maximum Gasteiger partial charge on any atom is 0.328 e. The number of primary amides is 1. The van der Waals surface area contributed by atoms with Crippen molar-refractivity contribution >= 4 is 29.6 Å². The van der Waals surface area contributed by atoms with Gasteiger partial charge in [-0.15, -0.1) is 0 Å². The predicted octanol–water partition coefficient (Wildman–Crippen LogP) is -2.88. The molecule has 0 aliphatic carbocycles. The standard InChI is InChI=1S/C20H33N7O7/c1-9(2)15(26-17(30)12(21)6-11-7-23-8-24-11)19(32)25-13(4-5-14(22)29)18(31)27-16(10(3)28)20(33)34/h7-10,12-13,15-16,28H,4-6,21H2,1-3H3,(H2,22,29)(H,23,24)(H,25,32)(H,26,30)(H,27,31)(H,33,34). The Bertz CT molecular complexity index is 857. The van der Waals surface area contributed by atoms with E-state index in [-0.39, 0.29) is 19.3 Å². The number of aromatic nitrogens is 2. The SMILES string of the molecule is CC(C)C(NC(=O)C(N)Cc1cnc[nH]1)C(=O)NC(CCC(N)=O)C(=O)NC(C(=O)O)C(C)O. The lowest BCUT2D eigenvalue weighted by molar-refractivity contribution is -0.145. The van der Waals surface area contributed by atoms with Gasteiger partial charge in [-0.05, 0) is 19.3 Å². The number of carbonyl (C=O) groups is 5. The molecule has 34 heavy (non-hydrogen) atoms. The second-order valence-corrected chi connectivity index (χ2v) is 8.25. The summed E-state index contributed by atoms with van der Waals surface area (Å²) in [5.41, 5.74) is 11.7. The zero-order valence-corrected chi connectivity index (χ0v) is 19.3. The number of aromatic amines is 1. The van der Waals surface area contributed by atoms with Crippen molar-refractivity contribution in [2.75, 3.05) is 0 Å². The number of H-pyrrole nitrogens is 1. The first-order valence-electron chi connectivity index (χ1n) is 10.7. The highest BCUT2D eigenvalue weighted by atomic mass is 16.4. The number of rotatable bonds is 14. The van der Waals surface area contributed by atoms with Crippen molar-refractivity contribution in [1.29, 1.82) is 0 Å². The van der Waals surface area contributed by atoms with Gasteiger partial charge in [-0.3, -0.25) is 19.2 Å². The molecule has 1 rings (SSSR count). The summed E-state index contributed by atoms with van der Waals surface area (Å²) < 4.78 is 0. The van der Waals surface area contributed by atoms with Gasteiger partial charge in [-0.2, -0.15) is 0 Å². The van der Waals surface area contributed by atoms with Crippen LogP contribution in [0.4, 0.5) is 0 Å². The third-order valence-electron chi connectivity index (χ3n) is 4.94. The van der Waals surface area contributed by atoms with E-state index in [9.17, 15) is 34.2 Å². The molecule has 0 bridgehead atoms.